The van der Waals surface area contributed by atoms with Crippen molar-refractivity contribution >= 4 is 23.8 Å². The van der Waals surface area contributed by atoms with Crippen molar-refractivity contribution in [1.82, 2.24) is 0 Å². The van der Waals surface area contributed by atoms with E-state index in [0.29, 0.717) is 0 Å². The van der Waals surface area contributed by atoms with Gasteiger partial charge in [-0.15, -0.1) is 0 Å². The van der Waals surface area contributed by atoms with Crippen molar-refractivity contribution in [2.24, 2.45) is 5.10 Å². The fourth-order valence-corrected chi connectivity index (χ4v) is 1.04. The SMILES string of the molecule is C1=Cc2ccccc2NN=C1.CC(C)=O. The zero-order valence-electron chi connectivity index (χ0n) is 8.90. The van der Waals surface area contributed by atoms with E-state index in [1.54, 1.807) is 6.21 Å². The van der Waals surface area contributed by atoms with Crippen LogP contribution in [0.3, 0.4) is 0 Å². The number of rotatable bonds is 0. The largest absolute Gasteiger partial charge is 0.300 e. The number of anilines is 1. The highest BCUT2D eigenvalue weighted by Crippen LogP contribution is 2.17. The van der Waals surface area contributed by atoms with Crippen LogP contribution in [0.25, 0.3) is 6.08 Å². The van der Waals surface area contributed by atoms with Gasteiger partial charge >= 0.3 is 0 Å². The molecule has 3 nitrogen and oxygen atoms in total. The minimum atomic E-state index is 0.167. The van der Waals surface area contributed by atoms with Crippen molar-refractivity contribution in [3.05, 3.63) is 35.9 Å². The molecule has 1 aromatic carbocycles. The number of hydrogen-bond acceptors (Lipinski definition) is 3. The van der Waals surface area contributed by atoms with Gasteiger partial charge in [-0.25, -0.2) is 0 Å². The molecule has 0 aromatic heterocycles. The maximum absolute atomic E-state index is 9.44. The number of carbonyl (C=O) groups is 1. The summed E-state index contributed by atoms with van der Waals surface area (Å²) in [5.74, 6) is 0.167. The molecule has 0 saturated carbocycles. The van der Waals surface area contributed by atoms with E-state index in [1.165, 1.54) is 19.4 Å². The highest BCUT2D eigenvalue weighted by atomic mass is 16.1. The Balaban J connectivity index is 0.000000245. The fourth-order valence-electron chi connectivity index (χ4n) is 1.04. The first-order valence-corrected chi connectivity index (χ1v) is 4.72. The molecule has 1 aromatic rings. The van der Waals surface area contributed by atoms with Crippen LogP contribution in [0.2, 0.25) is 0 Å². The van der Waals surface area contributed by atoms with Gasteiger partial charge < -0.3 is 4.79 Å². The lowest BCUT2D eigenvalue weighted by atomic mass is 10.2. The van der Waals surface area contributed by atoms with Gasteiger partial charge in [-0.05, 0) is 31.6 Å². The van der Waals surface area contributed by atoms with Gasteiger partial charge in [0.2, 0.25) is 0 Å². The quantitative estimate of drug-likeness (QED) is 0.702. The zero-order valence-corrected chi connectivity index (χ0v) is 8.90. The molecule has 1 N–H and O–H groups in total. The van der Waals surface area contributed by atoms with E-state index in [-0.39, 0.29) is 5.78 Å². The summed E-state index contributed by atoms with van der Waals surface area (Å²) < 4.78 is 0. The number of carbonyl (C=O) groups excluding carboxylic acids is 1. The summed E-state index contributed by atoms with van der Waals surface area (Å²) >= 11 is 0. The van der Waals surface area contributed by atoms with E-state index in [1.807, 2.05) is 36.4 Å². The molecular weight excluding hydrogens is 188 g/mol. The normalized spacial score (nSPS) is 11.6. The van der Waals surface area contributed by atoms with Crippen molar-refractivity contribution in [3.8, 4) is 0 Å². The smallest absolute Gasteiger partial charge is 0.126 e. The van der Waals surface area contributed by atoms with Gasteiger partial charge in [0.25, 0.3) is 0 Å². The van der Waals surface area contributed by atoms with Crippen molar-refractivity contribution in [2.45, 2.75) is 13.8 Å². The molecule has 1 aliphatic rings. The molecule has 1 heterocycles. The number of nitrogens with zero attached hydrogens (tertiary/aromatic N) is 1. The van der Waals surface area contributed by atoms with Crippen molar-refractivity contribution in [2.75, 3.05) is 5.43 Å². The predicted molar refractivity (Wildman–Crippen MR) is 63.9 cm³/mol. The third-order valence-electron chi connectivity index (χ3n) is 1.58. The number of ketones is 1. The van der Waals surface area contributed by atoms with Gasteiger partial charge in [-0.2, -0.15) is 5.10 Å². The minimum Gasteiger partial charge on any atom is -0.300 e. The number of hydrazone groups is 1. The molecular formula is C12H14N2O. The third-order valence-corrected chi connectivity index (χ3v) is 1.58. The average molecular weight is 202 g/mol. The number of para-hydroxylation sites is 1. The van der Waals surface area contributed by atoms with Crippen molar-refractivity contribution in [1.29, 1.82) is 0 Å². The Kier molecular flexibility index (Phi) is 4.29. The molecule has 2 rings (SSSR count). The fraction of sp³-hybridized carbons (Fsp3) is 0.167. The summed E-state index contributed by atoms with van der Waals surface area (Å²) in [5, 5.41) is 3.95. The molecule has 78 valence electrons. The molecule has 1 aliphatic heterocycles. The topological polar surface area (TPSA) is 41.5 Å². The van der Waals surface area contributed by atoms with Crippen LogP contribution < -0.4 is 5.43 Å². The van der Waals surface area contributed by atoms with E-state index in [0.717, 1.165) is 5.69 Å². The number of hydrogen-bond donors (Lipinski definition) is 1. The van der Waals surface area contributed by atoms with Gasteiger partial charge in [0.05, 0.1) is 5.69 Å². The molecule has 0 spiro atoms. The Labute approximate surface area is 89.5 Å². The van der Waals surface area contributed by atoms with E-state index in [2.05, 4.69) is 10.5 Å². The highest BCUT2D eigenvalue weighted by Gasteiger charge is 1.96. The van der Waals surface area contributed by atoms with Gasteiger partial charge in [0, 0.05) is 6.21 Å². The first-order valence-electron chi connectivity index (χ1n) is 4.72. The maximum atomic E-state index is 9.44. The summed E-state index contributed by atoms with van der Waals surface area (Å²) in [5.41, 5.74) is 5.16. The second-order valence-electron chi connectivity index (χ2n) is 3.24. The molecule has 0 amide bonds. The van der Waals surface area contributed by atoms with Crippen molar-refractivity contribution in [3.63, 3.8) is 0 Å². The monoisotopic (exact) mass is 202 g/mol. The van der Waals surface area contributed by atoms with Crippen LogP contribution >= 0.6 is 0 Å². The second kappa shape index (κ2) is 5.75. The Hall–Kier alpha value is -1.90. The lowest BCUT2D eigenvalue weighted by Gasteiger charge is -2.00. The molecule has 0 radical (unpaired) electrons. The molecule has 0 aliphatic carbocycles. The number of nitrogens with one attached hydrogen (secondary N) is 1. The zero-order chi connectivity index (χ0) is 11.1. The van der Waals surface area contributed by atoms with Crippen LogP contribution in [0, 0.1) is 0 Å². The molecule has 0 fully saturated rings. The van der Waals surface area contributed by atoms with Crippen LogP contribution in [0.4, 0.5) is 5.69 Å². The third kappa shape index (κ3) is 4.22. The Morgan fingerprint density at radius 3 is 2.67 bits per heavy atom. The first-order chi connectivity index (χ1) is 7.20. The second-order valence-corrected chi connectivity index (χ2v) is 3.24. The van der Waals surface area contributed by atoms with Crippen molar-refractivity contribution < 1.29 is 4.79 Å². The van der Waals surface area contributed by atoms with E-state index >= 15 is 0 Å². The van der Waals surface area contributed by atoms with Gasteiger partial charge in [-0.3, -0.25) is 5.43 Å². The molecule has 0 atom stereocenters. The van der Waals surface area contributed by atoms with E-state index in [4.69, 9.17) is 0 Å². The van der Waals surface area contributed by atoms with E-state index < -0.39 is 0 Å². The summed E-state index contributed by atoms with van der Waals surface area (Å²) in [6.45, 7) is 3.06. The Morgan fingerprint density at radius 2 is 1.93 bits per heavy atom. The highest BCUT2D eigenvalue weighted by molar-refractivity contribution is 5.83. The van der Waals surface area contributed by atoms with Crippen LogP contribution in [-0.4, -0.2) is 12.0 Å². The number of fused-ring (bicyclic) bond motifs is 1. The minimum absolute atomic E-state index is 0.167. The van der Waals surface area contributed by atoms with Gasteiger partial charge in [0.1, 0.15) is 5.78 Å². The summed E-state index contributed by atoms with van der Waals surface area (Å²) in [7, 11) is 0. The summed E-state index contributed by atoms with van der Waals surface area (Å²) in [6.07, 6.45) is 5.68. The lowest BCUT2D eigenvalue weighted by molar-refractivity contribution is -0.114. The number of benzene rings is 1. The maximum Gasteiger partial charge on any atom is 0.126 e. The lowest BCUT2D eigenvalue weighted by Crippen LogP contribution is -1.87. The molecule has 3 heteroatoms. The summed E-state index contributed by atoms with van der Waals surface area (Å²) in [4.78, 5) is 9.44. The molecule has 0 saturated heterocycles. The standard InChI is InChI=1S/C9H8N2.C3H6O/c1-2-6-9-8(4-1)5-3-7-10-11-9;1-3(2)4/h1-7,11H;1-2H3. The molecule has 15 heavy (non-hydrogen) atoms. The summed E-state index contributed by atoms with van der Waals surface area (Å²) in [6, 6.07) is 8.05. The molecule has 0 unspecified atom stereocenters. The van der Waals surface area contributed by atoms with Crippen LogP contribution in [0.5, 0.6) is 0 Å². The number of allylic oxidation sites excluding steroid dienone is 1. The Morgan fingerprint density at radius 1 is 1.27 bits per heavy atom. The van der Waals surface area contributed by atoms with Gasteiger partial charge in [-0.1, -0.05) is 24.3 Å². The van der Waals surface area contributed by atoms with Crippen LogP contribution in [0.15, 0.2) is 35.4 Å². The predicted octanol–water partition coefficient (Wildman–Crippen LogP) is 2.71. The molecule has 0 bridgehead atoms. The first kappa shape index (κ1) is 11.2. The van der Waals surface area contributed by atoms with Crippen LogP contribution in [0.1, 0.15) is 19.4 Å². The number of Topliss-reactive ketones (excluding diaryl/α,β-unsaturated/α-hetero) is 1. The van der Waals surface area contributed by atoms with Crippen LogP contribution in [-0.2, 0) is 4.79 Å². The van der Waals surface area contributed by atoms with Gasteiger partial charge in [0.15, 0.2) is 0 Å². The van der Waals surface area contributed by atoms with E-state index in [9.17, 15) is 4.79 Å². The Bertz CT molecular complexity index is 390. The average Bonchev–Trinajstić information content (AvgIpc) is 2.41.